The van der Waals surface area contributed by atoms with Crippen molar-refractivity contribution in [1.29, 1.82) is 0 Å². The van der Waals surface area contributed by atoms with Crippen LogP contribution in [0.15, 0.2) is 65.8 Å². The van der Waals surface area contributed by atoms with Gasteiger partial charge in [0.25, 0.3) is 0 Å². The highest BCUT2D eigenvalue weighted by atomic mass is 32.2. The number of sulfone groups is 1. The Hall–Kier alpha value is -3.59. The number of benzene rings is 2. The molecule has 4 rings (SSSR count). The lowest BCUT2D eigenvalue weighted by Crippen LogP contribution is -2.40. The third kappa shape index (κ3) is 4.84. The second-order valence-corrected chi connectivity index (χ2v) is 10.2. The van der Waals surface area contributed by atoms with Crippen LogP contribution in [0.4, 0.5) is 5.95 Å². The number of hydrogen-bond acceptors (Lipinski definition) is 8. The summed E-state index contributed by atoms with van der Waals surface area (Å²) in [6.45, 7) is 2.99. The fourth-order valence-corrected chi connectivity index (χ4v) is 5.78. The van der Waals surface area contributed by atoms with Crippen molar-refractivity contribution in [2.24, 2.45) is 0 Å². The van der Waals surface area contributed by atoms with Gasteiger partial charge in [-0.2, -0.15) is 0 Å². The fourth-order valence-electron chi connectivity index (χ4n) is 4.05. The van der Waals surface area contributed by atoms with Gasteiger partial charge in [-0.1, -0.05) is 36.4 Å². The summed E-state index contributed by atoms with van der Waals surface area (Å²) in [5.41, 5.74) is 2.40. The number of hydrogen-bond donors (Lipinski definition) is 0. The van der Waals surface area contributed by atoms with Crippen LogP contribution in [0.3, 0.4) is 0 Å². The molecule has 1 aliphatic rings. The second kappa shape index (κ2) is 10.1. The number of aromatic nitrogens is 2. The molecule has 1 aliphatic heterocycles. The van der Waals surface area contributed by atoms with Gasteiger partial charge >= 0.3 is 5.97 Å². The van der Waals surface area contributed by atoms with Gasteiger partial charge in [0.2, 0.25) is 5.95 Å². The van der Waals surface area contributed by atoms with Gasteiger partial charge in [-0.25, -0.2) is 23.2 Å². The molecule has 0 unspecified atom stereocenters. The monoisotopic (exact) mass is 479 g/mol. The molecule has 2 aromatic carbocycles. The summed E-state index contributed by atoms with van der Waals surface area (Å²) in [6.07, 6.45) is 4.53. The van der Waals surface area contributed by atoms with E-state index in [1.54, 1.807) is 43.3 Å². The highest BCUT2D eigenvalue weighted by Crippen LogP contribution is 2.29. The summed E-state index contributed by atoms with van der Waals surface area (Å²) in [5.74, 6) is -0.0124. The topological polar surface area (TPSA) is 107 Å². The van der Waals surface area contributed by atoms with Crippen molar-refractivity contribution in [2.75, 3.05) is 24.6 Å². The molecule has 0 amide bonds. The second-order valence-electron chi connectivity index (χ2n) is 7.95. The Balaban J connectivity index is 1.43. The number of aldehydes is 1. The molecule has 0 radical (unpaired) electrons. The van der Waals surface area contributed by atoms with Crippen LogP contribution in [0.1, 0.15) is 40.5 Å². The molecule has 9 heteroatoms. The van der Waals surface area contributed by atoms with Gasteiger partial charge in [-0.15, -0.1) is 0 Å². The largest absolute Gasteiger partial charge is 0.462 e. The maximum atomic E-state index is 13.2. The van der Waals surface area contributed by atoms with Gasteiger partial charge in [-0.05, 0) is 43.0 Å². The average molecular weight is 480 g/mol. The third-order valence-corrected chi connectivity index (χ3v) is 8.17. The lowest BCUT2D eigenvalue weighted by atomic mass is 10.0. The SMILES string of the molecule is CCOC(=O)c1cnc(N2CCC(S(=O)(=O)c3ccc(-c4ccccc4C=O)cc3)CC2)nc1. The zero-order chi connectivity index (χ0) is 24.1. The first-order chi connectivity index (χ1) is 16.4. The van der Waals surface area contributed by atoms with E-state index in [0.717, 1.165) is 17.4 Å². The fraction of sp³-hybridized carbons (Fsp3) is 0.280. The molecule has 0 bridgehead atoms. The average Bonchev–Trinajstić information content (AvgIpc) is 2.89. The summed E-state index contributed by atoms with van der Waals surface area (Å²) < 4.78 is 31.4. The van der Waals surface area contributed by atoms with Gasteiger partial charge in [0.1, 0.15) is 0 Å². The van der Waals surface area contributed by atoms with E-state index in [1.165, 1.54) is 12.4 Å². The van der Waals surface area contributed by atoms with Crippen molar-refractivity contribution in [3.05, 3.63) is 72.1 Å². The number of carbonyl (C=O) groups is 2. The molecular formula is C25H25N3O5S. The van der Waals surface area contributed by atoms with Crippen molar-refractivity contribution in [1.82, 2.24) is 9.97 Å². The molecule has 2 heterocycles. The van der Waals surface area contributed by atoms with Crippen molar-refractivity contribution in [3.8, 4) is 11.1 Å². The van der Waals surface area contributed by atoms with Crippen LogP contribution in [-0.4, -0.2) is 55.6 Å². The highest BCUT2D eigenvalue weighted by Gasteiger charge is 2.32. The summed E-state index contributed by atoms with van der Waals surface area (Å²) in [4.78, 5) is 33.7. The van der Waals surface area contributed by atoms with Crippen LogP contribution < -0.4 is 4.90 Å². The Kier molecular flexibility index (Phi) is 7.02. The number of esters is 1. The van der Waals surface area contributed by atoms with Crippen LogP contribution in [0.5, 0.6) is 0 Å². The Bertz CT molecular complexity index is 1270. The van der Waals surface area contributed by atoms with Gasteiger partial charge in [-0.3, -0.25) is 4.79 Å². The van der Waals surface area contributed by atoms with Crippen molar-refractivity contribution >= 4 is 28.0 Å². The molecule has 3 aromatic rings. The predicted octanol–water partition coefficient (Wildman–Crippen LogP) is 3.58. The number of anilines is 1. The van der Waals surface area contributed by atoms with Gasteiger partial charge in [0.15, 0.2) is 16.1 Å². The molecule has 8 nitrogen and oxygen atoms in total. The maximum Gasteiger partial charge on any atom is 0.341 e. The lowest BCUT2D eigenvalue weighted by Gasteiger charge is -2.31. The third-order valence-electron chi connectivity index (χ3n) is 5.89. The zero-order valence-corrected chi connectivity index (χ0v) is 19.6. The minimum atomic E-state index is -3.50. The number of ether oxygens (including phenoxy) is 1. The van der Waals surface area contributed by atoms with E-state index in [-0.39, 0.29) is 17.1 Å². The van der Waals surface area contributed by atoms with Crippen molar-refractivity contribution < 1.29 is 22.7 Å². The van der Waals surface area contributed by atoms with E-state index in [2.05, 4.69) is 9.97 Å². The molecule has 0 atom stereocenters. The molecular weight excluding hydrogens is 454 g/mol. The van der Waals surface area contributed by atoms with Crippen LogP contribution in [0.2, 0.25) is 0 Å². The number of carbonyl (C=O) groups excluding carboxylic acids is 2. The molecule has 0 spiro atoms. The maximum absolute atomic E-state index is 13.2. The van der Waals surface area contributed by atoms with Gasteiger partial charge in [0, 0.05) is 31.0 Å². The minimum absolute atomic E-state index is 0.272. The molecule has 1 saturated heterocycles. The van der Waals surface area contributed by atoms with E-state index in [9.17, 15) is 18.0 Å². The summed E-state index contributed by atoms with van der Waals surface area (Å²) >= 11 is 0. The standard InChI is InChI=1S/C25H25N3O5S/c1-2-33-24(30)20-15-26-25(27-16-20)28-13-11-22(12-14-28)34(31,32)21-9-7-18(8-10-21)23-6-4-3-5-19(23)17-29/h3-10,15-17,22H,2,11-14H2,1H3. The Morgan fingerprint density at radius 3 is 2.32 bits per heavy atom. The lowest BCUT2D eigenvalue weighted by molar-refractivity contribution is 0.0525. The zero-order valence-electron chi connectivity index (χ0n) is 18.8. The van der Waals surface area contributed by atoms with Crippen LogP contribution >= 0.6 is 0 Å². The quantitative estimate of drug-likeness (QED) is 0.374. The van der Waals surface area contributed by atoms with Crippen molar-refractivity contribution in [3.63, 3.8) is 0 Å². The Labute approximate surface area is 198 Å². The van der Waals surface area contributed by atoms with E-state index in [4.69, 9.17) is 4.74 Å². The highest BCUT2D eigenvalue weighted by molar-refractivity contribution is 7.92. The Morgan fingerprint density at radius 2 is 1.71 bits per heavy atom. The van der Waals surface area contributed by atoms with Crippen LogP contribution in [0, 0.1) is 0 Å². The first kappa shape index (κ1) is 23.6. The summed E-state index contributed by atoms with van der Waals surface area (Å²) in [6, 6.07) is 13.9. The van der Waals surface area contributed by atoms with Crippen molar-refractivity contribution in [2.45, 2.75) is 29.9 Å². The summed E-state index contributed by atoms with van der Waals surface area (Å²) in [7, 11) is -3.50. The first-order valence-corrected chi connectivity index (χ1v) is 12.6. The van der Waals surface area contributed by atoms with Gasteiger partial charge < -0.3 is 9.64 Å². The minimum Gasteiger partial charge on any atom is -0.462 e. The van der Waals surface area contributed by atoms with Crippen LogP contribution in [-0.2, 0) is 14.6 Å². The smallest absolute Gasteiger partial charge is 0.341 e. The normalized spacial score (nSPS) is 14.6. The van der Waals surface area contributed by atoms with E-state index in [1.807, 2.05) is 17.0 Å². The van der Waals surface area contributed by atoms with E-state index in [0.29, 0.717) is 37.4 Å². The molecule has 1 fully saturated rings. The molecule has 176 valence electrons. The number of rotatable bonds is 7. The molecule has 1 aromatic heterocycles. The van der Waals surface area contributed by atoms with Crippen LogP contribution in [0.25, 0.3) is 11.1 Å². The Morgan fingerprint density at radius 1 is 1.06 bits per heavy atom. The van der Waals surface area contributed by atoms with Gasteiger partial charge in [0.05, 0.1) is 22.3 Å². The molecule has 34 heavy (non-hydrogen) atoms. The molecule has 0 N–H and O–H groups in total. The molecule has 0 aliphatic carbocycles. The molecule has 0 saturated carbocycles. The summed E-state index contributed by atoms with van der Waals surface area (Å²) in [5, 5.41) is -0.504. The first-order valence-electron chi connectivity index (χ1n) is 11.1. The number of piperidine rings is 1. The predicted molar refractivity (Wildman–Crippen MR) is 128 cm³/mol. The van der Waals surface area contributed by atoms with E-state index >= 15 is 0 Å². The number of nitrogens with zero attached hydrogens (tertiary/aromatic N) is 3. The van der Waals surface area contributed by atoms with E-state index < -0.39 is 21.1 Å².